The Balaban J connectivity index is 1.98. The Morgan fingerprint density at radius 3 is 2.35 bits per heavy atom. The molecule has 1 fully saturated rings. The van der Waals surface area contributed by atoms with Crippen molar-refractivity contribution >= 4 is 21.6 Å². The first-order valence-corrected chi connectivity index (χ1v) is 7.58. The van der Waals surface area contributed by atoms with Gasteiger partial charge < -0.3 is 5.32 Å². The Kier molecular flexibility index (Phi) is 4.90. The van der Waals surface area contributed by atoms with Gasteiger partial charge in [0.05, 0.1) is 0 Å². The number of aryl methyl sites for hydroxylation is 1. The van der Waals surface area contributed by atoms with Gasteiger partial charge in [-0.15, -0.1) is 0 Å². The average molecular weight is 296 g/mol. The van der Waals surface area contributed by atoms with Crippen LogP contribution >= 0.6 is 15.9 Å². The second-order valence-electron chi connectivity index (χ2n) is 5.17. The molecular formula is C15H22BrN. The van der Waals surface area contributed by atoms with Crippen LogP contribution in [0.25, 0.3) is 0 Å². The lowest BCUT2D eigenvalue weighted by molar-refractivity contribution is 0.471. The molecule has 1 aromatic rings. The van der Waals surface area contributed by atoms with Crippen molar-refractivity contribution in [2.24, 2.45) is 0 Å². The summed E-state index contributed by atoms with van der Waals surface area (Å²) < 4.78 is 1.19. The maximum absolute atomic E-state index is 3.70. The first-order valence-electron chi connectivity index (χ1n) is 6.78. The highest BCUT2D eigenvalue weighted by molar-refractivity contribution is 9.10. The van der Waals surface area contributed by atoms with Crippen molar-refractivity contribution in [3.05, 3.63) is 28.2 Å². The number of halogens is 1. The van der Waals surface area contributed by atoms with Crippen LogP contribution in [-0.2, 0) is 0 Å². The highest BCUT2D eigenvalue weighted by Crippen LogP contribution is 2.27. The van der Waals surface area contributed by atoms with Crippen LogP contribution < -0.4 is 5.32 Å². The zero-order valence-corrected chi connectivity index (χ0v) is 12.2. The van der Waals surface area contributed by atoms with Crippen LogP contribution in [0.15, 0.2) is 22.7 Å². The molecular weight excluding hydrogens is 274 g/mol. The summed E-state index contributed by atoms with van der Waals surface area (Å²) in [6, 6.07) is 7.22. The molecule has 1 aliphatic rings. The van der Waals surface area contributed by atoms with Gasteiger partial charge in [-0.05, 0) is 53.4 Å². The Hall–Kier alpha value is -0.500. The molecule has 0 spiro atoms. The van der Waals surface area contributed by atoms with Gasteiger partial charge in [-0.1, -0.05) is 38.2 Å². The molecule has 1 aliphatic carbocycles. The molecule has 0 radical (unpaired) electrons. The molecule has 1 aromatic carbocycles. The third kappa shape index (κ3) is 4.02. The summed E-state index contributed by atoms with van der Waals surface area (Å²) in [5.41, 5.74) is 2.56. The first kappa shape index (κ1) is 12.9. The van der Waals surface area contributed by atoms with Crippen LogP contribution in [0.2, 0.25) is 0 Å². The van der Waals surface area contributed by atoms with Gasteiger partial charge >= 0.3 is 0 Å². The lowest BCUT2D eigenvalue weighted by Gasteiger charge is -2.23. The zero-order valence-electron chi connectivity index (χ0n) is 10.6. The minimum absolute atomic E-state index is 0.661. The average Bonchev–Trinajstić information content (AvgIpc) is 2.25. The Bertz CT molecular complexity index is 354. The summed E-state index contributed by atoms with van der Waals surface area (Å²) >= 11 is 3.65. The maximum atomic E-state index is 3.70. The molecule has 0 aromatic heterocycles. The zero-order chi connectivity index (χ0) is 12.1. The largest absolute Gasteiger partial charge is 0.381 e. The monoisotopic (exact) mass is 295 g/mol. The molecule has 0 bridgehead atoms. The van der Waals surface area contributed by atoms with Crippen molar-refractivity contribution in [1.82, 2.24) is 0 Å². The first-order chi connectivity index (χ1) is 8.25. The fourth-order valence-electron chi connectivity index (χ4n) is 2.56. The van der Waals surface area contributed by atoms with E-state index in [1.54, 1.807) is 0 Å². The minimum atomic E-state index is 0.661. The number of hydrogen-bond acceptors (Lipinski definition) is 1. The van der Waals surface area contributed by atoms with Crippen LogP contribution in [0.1, 0.15) is 50.5 Å². The lowest BCUT2D eigenvalue weighted by Crippen LogP contribution is -2.20. The predicted octanol–water partition coefficient (Wildman–Crippen LogP) is 5.28. The van der Waals surface area contributed by atoms with Crippen LogP contribution in [0.3, 0.4) is 0 Å². The highest BCUT2D eigenvalue weighted by Gasteiger charge is 2.12. The van der Waals surface area contributed by atoms with Gasteiger partial charge in [0.2, 0.25) is 0 Å². The summed E-state index contributed by atoms with van der Waals surface area (Å²) in [6.45, 7) is 2.13. The normalized spacial score (nSPS) is 18.5. The van der Waals surface area contributed by atoms with Crippen LogP contribution in [0.4, 0.5) is 5.69 Å². The van der Waals surface area contributed by atoms with E-state index in [1.807, 2.05) is 0 Å². The topological polar surface area (TPSA) is 12.0 Å². The Morgan fingerprint density at radius 2 is 1.71 bits per heavy atom. The van der Waals surface area contributed by atoms with Gasteiger partial charge in [0.25, 0.3) is 0 Å². The standard InChI is InChI=1S/C15H22BrN/c1-12-9-10-15(14(16)11-12)17-13-7-5-3-2-4-6-8-13/h9-11,13,17H,2-8H2,1H3. The fourth-order valence-corrected chi connectivity index (χ4v) is 3.17. The molecule has 0 aliphatic heterocycles. The molecule has 1 saturated carbocycles. The van der Waals surface area contributed by atoms with E-state index in [2.05, 4.69) is 46.4 Å². The van der Waals surface area contributed by atoms with Crippen LogP contribution in [0.5, 0.6) is 0 Å². The minimum Gasteiger partial charge on any atom is -0.381 e. The van der Waals surface area contributed by atoms with E-state index in [0.29, 0.717) is 6.04 Å². The van der Waals surface area contributed by atoms with Crippen LogP contribution in [0, 0.1) is 6.92 Å². The summed E-state index contributed by atoms with van der Waals surface area (Å²) in [7, 11) is 0. The van der Waals surface area contributed by atoms with E-state index in [9.17, 15) is 0 Å². The van der Waals surface area contributed by atoms with E-state index in [-0.39, 0.29) is 0 Å². The highest BCUT2D eigenvalue weighted by atomic mass is 79.9. The van der Waals surface area contributed by atoms with Crippen molar-refractivity contribution in [2.75, 3.05) is 5.32 Å². The molecule has 94 valence electrons. The van der Waals surface area contributed by atoms with E-state index in [0.717, 1.165) is 0 Å². The van der Waals surface area contributed by atoms with Crippen molar-refractivity contribution in [1.29, 1.82) is 0 Å². The van der Waals surface area contributed by atoms with E-state index in [4.69, 9.17) is 0 Å². The summed E-state index contributed by atoms with van der Waals surface area (Å²) in [6.07, 6.45) is 9.64. The molecule has 1 nitrogen and oxygen atoms in total. The van der Waals surface area contributed by atoms with Gasteiger partial charge in [0, 0.05) is 16.2 Å². The number of benzene rings is 1. The van der Waals surface area contributed by atoms with Gasteiger partial charge in [0.15, 0.2) is 0 Å². The molecule has 1 N–H and O–H groups in total. The van der Waals surface area contributed by atoms with Crippen molar-refractivity contribution in [3.8, 4) is 0 Å². The number of rotatable bonds is 2. The van der Waals surface area contributed by atoms with Crippen molar-refractivity contribution in [3.63, 3.8) is 0 Å². The Morgan fingerprint density at radius 1 is 1.06 bits per heavy atom. The predicted molar refractivity (Wildman–Crippen MR) is 78.6 cm³/mol. The van der Waals surface area contributed by atoms with E-state index >= 15 is 0 Å². The number of nitrogens with one attached hydrogen (secondary N) is 1. The van der Waals surface area contributed by atoms with Crippen LogP contribution in [-0.4, -0.2) is 6.04 Å². The van der Waals surface area contributed by atoms with E-state index in [1.165, 1.54) is 60.7 Å². The molecule has 0 amide bonds. The summed E-state index contributed by atoms with van der Waals surface area (Å²) in [4.78, 5) is 0. The molecule has 0 atom stereocenters. The summed E-state index contributed by atoms with van der Waals surface area (Å²) in [5, 5.41) is 3.70. The van der Waals surface area contributed by atoms with E-state index < -0.39 is 0 Å². The van der Waals surface area contributed by atoms with Gasteiger partial charge in [-0.2, -0.15) is 0 Å². The second-order valence-corrected chi connectivity index (χ2v) is 6.02. The smallest absolute Gasteiger partial charge is 0.0486 e. The molecule has 0 unspecified atom stereocenters. The second kappa shape index (κ2) is 6.44. The summed E-state index contributed by atoms with van der Waals surface area (Å²) in [5.74, 6) is 0. The van der Waals surface area contributed by atoms with Gasteiger partial charge in [-0.3, -0.25) is 0 Å². The number of hydrogen-bond donors (Lipinski definition) is 1. The molecule has 2 heteroatoms. The van der Waals surface area contributed by atoms with Crippen molar-refractivity contribution in [2.45, 2.75) is 57.9 Å². The quantitative estimate of drug-likeness (QED) is 0.782. The molecule has 17 heavy (non-hydrogen) atoms. The molecule has 2 rings (SSSR count). The third-order valence-electron chi connectivity index (χ3n) is 3.59. The fraction of sp³-hybridized carbons (Fsp3) is 0.600. The van der Waals surface area contributed by atoms with Gasteiger partial charge in [-0.25, -0.2) is 0 Å². The molecule has 0 saturated heterocycles. The SMILES string of the molecule is Cc1ccc(NC2CCCCCCC2)c(Br)c1. The van der Waals surface area contributed by atoms with Gasteiger partial charge in [0.1, 0.15) is 0 Å². The Labute approximate surface area is 113 Å². The number of anilines is 1. The maximum Gasteiger partial charge on any atom is 0.0486 e. The third-order valence-corrected chi connectivity index (χ3v) is 4.25. The molecule has 0 heterocycles. The lowest BCUT2D eigenvalue weighted by atomic mass is 9.96. The van der Waals surface area contributed by atoms with Crippen molar-refractivity contribution < 1.29 is 0 Å².